The Kier molecular flexibility index (Phi) is 2.46. The number of hydrogen-bond acceptors (Lipinski definition) is 1. The van der Waals surface area contributed by atoms with Gasteiger partial charge in [0.1, 0.15) is 0 Å². The molecular weight excluding hydrogens is 220 g/mol. The average molecular weight is 233 g/mol. The minimum absolute atomic E-state index is 0.827. The summed E-state index contributed by atoms with van der Waals surface area (Å²) in [4.78, 5) is 3.28. The fourth-order valence-electron chi connectivity index (χ4n) is 2.26. The lowest BCUT2D eigenvalue weighted by Gasteiger charge is -2.13. The van der Waals surface area contributed by atoms with Crippen LogP contribution >= 0.6 is 11.6 Å². The third-order valence-electron chi connectivity index (χ3n) is 3.06. The molecule has 1 aliphatic heterocycles. The summed E-state index contributed by atoms with van der Waals surface area (Å²) in [6.07, 6.45) is 5.38. The van der Waals surface area contributed by atoms with Crippen molar-refractivity contribution >= 4 is 28.1 Å². The largest absolute Gasteiger partial charge is 0.361 e. The average Bonchev–Trinajstić information content (AvgIpc) is 2.75. The maximum atomic E-state index is 6.26. The highest BCUT2D eigenvalue weighted by molar-refractivity contribution is 6.36. The Morgan fingerprint density at radius 3 is 3.00 bits per heavy atom. The molecule has 82 valence electrons. The van der Waals surface area contributed by atoms with Crippen molar-refractivity contribution in [2.45, 2.75) is 6.42 Å². The number of aromatic amines is 1. The van der Waals surface area contributed by atoms with Crippen molar-refractivity contribution in [2.75, 3.05) is 13.1 Å². The summed E-state index contributed by atoms with van der Waals surface area (Å²) in [5, 5.41) is 5.30. The van der Waals surface area contributed by atoms with Crippen molar-refractivity contribution in [1.82, 2.24) is 10.3 Å². The standard InChI is InChI=1S/C13H13ClN2/c14-11-2-1-3-12-13(11)10(8-16-12)9-4-6-15-7-5-9/h1-4,8,15-16H,5-7H2. The summed E-state index contributed by atoms with van der Waals surface area (Å²) in [5.41, 5.74) is 3.75. The van der Waals surface area contributed by atoms with Crippen molar-refractivity contribution in [3.63, 3.8) is 0 Å². The van der Waals surface area contributed by atoms with Gasteiger partial charge in [0, 0.05) is 29.2 Å². The number of nitrogens with one attached hydrogen (secondary N) is 2. The van der Waals surface area contributed by atoms with Crippen LogP contribution in [0.1, 0.15) is 12.0 Å². The molecule has 0 amide bonds. The summed E-state index contributed by atoms with van der Waals surface area (Å²) in [5.74, 6) is 0. The molecule has 0 spiro atoms. The second-order valence-electron chi connectivity index (χ2n) is 4.05. The molecule has 1 aliphatic rings. The molecule has 1 aromatic heterocycles. The summed E-state index contributed by atoms with van der Waals surface area (Å²) in [6, 6.07) is 5.98. The van der Waals surface area contributed by atoms with Gasteiger partial charge >= 0.3 is 0 Å². The van der Waals surface area contributed by atoms with Crippen molar-refractivity contribution in [2.24, 2.45) is 0 Å². The van der Waals surface area contributed by atoms with Crippen LogP contribution < -0.4 is 5.32 Å². The van der Waals surface area contributed by atoms with E-state index in [1.807, 2.05) is 12.1 Å². The maximum absolute atomic E-state index is 6.26. The van der Waals surface area contributed by atoms with Crippen LogP contribution in [0, 0.1) is 0 Å². The first-order valence-electron chi connectivity index (χ1n) is 5.52. The molecule has 2 nitrogen and oxygen atoms in total. The molecule has 0 fully saturated rings. The number of aromatic nitrogens is 1. The molecule has 0 saturated heterocycles. The molecule has 2 N–H and O–H groups in total. The fourth-order valence-corrected chi connectivity index (χ4v) is 2.54. The highest BCUT2D eigenvalue weighted by atomic mass is 35.5. The van der Waals surface area contributed by atoms with E-state index in [0.717, 1.165) is 35.4 Å². The lowest BCUT2D eigenvalue weighted by Crippen LogP contribution is -2.19. The van der Waals surface area contributed by atoms with Gasteiger partial charge in [-0.1, -0.05) is 23.7 Å². The predicted octanol–water partition coefficient (Wildman–Crippen LogP) is 3.20. The van der Waals surface area contributed by atoms with E-state index in [2.05, 4.69) is 28.6 Å². The van der Waals surface area contributed by atoms with E-state index >= 15 is 0 Å². The van der Waals surface area contributed by atoms with Crippen LogP contribution in [0.3, 0.4) is 0 Å². The molecule has 0 saturated carbocycles. The molecule has 0 bridgehead atoms. The molecule has 0 aliphatic carbocycles. The van der Waals surface area contributed by atoms with Crippen molar-refractivity contribution in [3.8, 4) is 0 Å². The Labute approximate surface area is 99.3 Å². The van der Waals surface area contributed by atoms with Crippen molar-refractivity contribution in [1.29, 1.82) is 0 Å². The van der Waals surface area contributed by atoms with Gasteiger partial charge in [0.25, 0.3) is 0 Å². The molecular formula is C13H13ClN2. The van der Waals surface area contributed by atoms with Gasteiger partial charge in [-0.25, -0.2) is 0 Å². The topological polar surface area (TPSA) is 27.8 Å². The summed E-state index contributed by atoms with van der Waals surface area (Å²) < 4.78 is 0. The number of hydrogen-bond donors (Lipinski definition) is 2. The summed E-state index contributed by atoms with van der Waals surface area (Å²) in [7, 11) is 0. The zero-order chi connectivity index (χ0) is 11.0. The van der Waals surface area contributed by atoms with Crippen LogP contribution in [0.5, 0.6) is 0 Å². The summed E-state index contributed by atoms with van der Waals surface area (Å²) in [6.45, 7) is 2.00. The van der Waals surface area contributed by atoms with Crippen LogP contribution in [-0.4, -0.2) is 18.1 Å². The van der Waals surface area contributed by atoms with E-state index in [1.54, 1.807) is 0 Å². The monoisotopic (exact) mass is 232 g/mol. The van der Waals surface area contributed by atoms with Crippen LogP contribution in [0.2, 0.25) is 5.02 Å². The second-order valence-corrected chi connectivity index (χ2v) is 4.46. The number of benzene rings is 1. The van der Waals surface area contributed by atoms with Crippen LogP contribution in [-0.2, 0) is 0 Å². The quantitative estimate of drug-likeness (QED) is 0.777. The Bertz CT molecular complexity index is 554. The zero-order valence-electron chi connectivity index (χ0n) is 8.89. The van der Waals surface area contributed by atoms with Gasteiger partial charge in [-0.15, -0.1) is 0 Å². The predicted molar refractivity (Wildman–Crippen MR) is 68.8 cm³/mol. The van der Waals surface area contributed by atoms with Gasteiger partial charge in [0.2, 0.25) is 0 Å². The number of rotatable bonds is 1. The van der Waals surface area contributed by atoms with Crippen molar-refractivity contribution in [3.05, 3.63) is 41.1 Å². The first kappa shape index (κ1) is 9.94. The SMILES string of the molecule is Clc1cccc2[nH]cc(C3=CCNCC3)c12. The lowest BCUT2D eigenvalue weighted by atomic mass is 10.00. The number of H-pyrrole nitrogens is 1. The maximum Gasteiger partial charge on any atom is 0.0505 e. The van der Waals surface area contributed by atoms with Crippen molar-refractivity contribution < 1.29 is 0 Å². The van der Waals surface area contributed by atoms with Crippen LogP contribution in [0.4, 0.5) is 0 Å². The molecule has 1 aromatic carbocycles. The normalized spacial score (nSPS) is 16.4. The van der Waals surface area contributed by atoms with E-state index in [-0.39, 0.29) is 0 Å². The van der Waals surface area contributed by atoms with Crippen LogP contribution in [0.25, 0.3) is 16.5 Å². The third kappa shape index (κ3) is 1.55. The van der Waals surface area contributed by atoms with E-state index in [4.69, 9.17) is 11.6 Å². The Hall–Kier alpha value is -1.25. The van der Waals surface area contributed by atoms with Gasteiger partial charge in [-0.05, 0) is 30.7 Å². The van der Waals surface area contributed by atoms with Gasteiger partial charge < -0.3 is 10.3 Å². The first-order chi connectivity index (χ1) is 7.86. The number of fused-ring (bicyclic) bond motifs is 1. The highest BCUT2D eigenvalue weighted by Crippen LogP contribution is 2.32. The van der Waals surface area contributed by atoms with E-state index in [0.29, 0.717) is 0 Å². The Morgan fingerprint density at radius 2 is 2.19 bits per heavy atom. The molecule has 0 unspecified atom stereocenters. The van der Waals surface area contributed by atoms with Gasteiger partial charge in [-0.3, -0.25) is 0 Å². The molecule has 0 radical (unpaired) electrons. The Morgan fingerprint density at radius 1 is 1.25 bits per heavy atom. The Balaban J connectivity index is 2.20. The molecule has 2 aromatic rings. The van der Waals surface area contributed by atoms with Gasteiger partial charge in [-0.2, -0.15) is 0 Å². The highest BCUT2D eigenvalue weighted by Gasteiger charge is 2.12. The van der Waals surface area contributed by atoms with E-state index in [9.17, 15) is 0 Å². The molecule has 16 heavy (non-hydrogen) atoms. The molecule has 2 heterocycles. The molecule has 3 heteroatoms. The zero-order valence-corrected chi connectivity index (χ0v) is 9.64. The second kappa shape index (κ2) is 3.96. The lowest BCUT2D eigenvalue weighted by molar-refractivity contribution is 0.739. The minimum atomic E-state index is 0.827. The first-order valence-corrected chi connectivity index (χ1v) is 5.90. The fraction of sp³-hybridized carbons (Fsp3) is 0.231. The molecule has 0 atom stereocenters. The smallest absolute Gasteiger partial charge is 0.0505 e. The van der Waals surface area contributed by atoms with Gasteiger partial charge in [0.15, 0.2) is 0 Å². The molecule has 3 rings (SSSR count). The van der Waals surface area contributed by atoms with E-state index < -0.39 is 0 Å². The van der Waals surface area contributed by atoms with Gasteiger partial charge in [0.05, 0.1) is 5.02 Å². The van der Waals surface area contributed by atoms with E-state index in [1.165, 1.54) is 11.1 Å². The number of halogens is 1. The minimum Gasteiger partial charge on any atom is -0.361 e. The third-order valence-corrected chi connectivity index (χ3v) is 3.38. The van der Waals surface area contributed by atoms with Crippen LogP contribution in [0.15, 0.2) is 30.5 Å². The summed E-state index contributed by atoms with van der Waals surface area (Å²) >= 11 is 6.26.